The molecule has 98 valence electrons. The maximum absolute atomic E-state index is 12.0. The first-order valence-electron chi connectivity index (χ1n) is 6.85. The van der Waals surface area contributed by atoms with Gasteiger partial charge in [-0.3, -0.25) is 9.59 Å². The molecule has 4 nitrogen and oxygen atoms in total. The molecule has 0 aromatic carbocycles. The Kier molecular flexibility index (Phi) is 2.88. The largest absolute Gasteiger partial charge is 0.481 e. The van der Waals surface area contributed by atoms with Gasteiger partial charge in [-0.05, 0) is 43.9 Å². The van der Waals surface area contributed by atoms with Gasteiger partial charge >= 0.3 is 5.97 Å². The van der Waals surface area contributed by atoms with Crippen LogP contribution in [-0.2, 0) is 9.59 Å². The summed E-state index contributed by atoms with van der Waals surface area (Å²) in [4.78, 5) is 22.8. The number of carbonyl (C=O) groups excluding carboxylic acids is 1. The van der Waals surface area contributed by atoms with Gasteiger partial charge in [-0.25, -0.2) is 0 Å². The first-order chi connectivity index (χ1) is 8.66. The van der Waals surface area contributed by atoms with Crippen LogP contribution in [0, 0.1) is 23.7 Å². The van der Waals surface area contributed by atoms with Crippen molar-refractivity contribution >= 4 is 11.9 Å². The summed E-state index contributed by atoms with van der Waals surface area (Å²) in [6.07, 6.45) is 8.79. The van der Waals surface area contributed by atoms with E-state index < -0.39 is 5.97 Å². The van der Waals surface area contributed by atoms with Crippen LogP contribution in [0.3, 0.4) is 0 Å². The van der Waals surface area contributed by atoms with Gasteiger partial charge in [0.2, 0.25) is 5.91 Å². The van der Waals surface area contributed by atoms with E-state index in [1.165, 1.54) is 0 Å². The van der Waals surface area contributed by atoms with Gasteiger partial charge in [0.25, 0.3) is 0 Å². The fraction of sp³-hybridized carbons (Fsp3) is 0.714. The second-order valence-corrected chi connectivity index (χ2v) is 5.84. The zero-order chi connectivity index (χ0) is 12.7. The summed E-state index contributed by atoms with van der Waals surface area (Å²) < 4.78 is 0. The Hall–Kier alpha value is -1.32. The third kappa shape index (κ3) is 2.28. The van der Waals surface area contributed by atoms with Crippen LogP contribution < -0.4 is 5.32 Å². The average Bonchev–Trinajstić information content (AvgIpc) is 3.23. The fourth-order valence-electron chi connectivity index (χ4n) is 3.16. The molecule has 3 aliphatic carbocycles. The minimum atomic E-state index is -0.672. The molecule has 3 rings (SSSR count). The van der Waals surface area contributed by atoms with Crippen molar-refractivity contribution in [3.63, 3.8) is 0 Å². The highest BCUT2D eigenvalue weighted by atomic mass is 16.4. The molecule has 0 saturated heterocycles. The van der Waals surface area contributed by atoms with Crippen LogP contribution in [0.1, 0.15) is 32.1 Å². The molecule has 1 amide bonds. The third-order valence-electron chi connectivity index (χ3n) is 4.51. The van der Waals surface area contributed by atoms with Gasteiger partial charge in [0.15, 0.2) is 0 Å². The zero-order valence-corrected chi connectivity index (χ0v) is 10.3. The molecule has 0 unspecified atom stereocenters. The number of allylic oxidation sites excluding steroid dienone is 2. The second kappa shape index (κ2) is 4.41. The predicted molar refractivity (Wildman–Crippen MR) is 65.8 cm³/mol. The van der Waals surface area contributed by atoms with Gasteiger partial charge in [-0.15, -0.1) is 0 Å². The van der Waals surface area contributed by atoms with Crippen LogP contribution in [0.2, 0.25) is 0 Å². The predicted octanol–water partition coefficient (Wildman–Crippen LogP) is 1.57. The Labute approximate surface area is 106 Å². The number of aliphatic carboxylic acids is 1. The van der Waals surface area contributed by atoms with Crippen LogP contribution in [0.25, 0.3) is 0 Å². The maximum atomic E-state index is 12.0. The van der Waals surface area contributed by atoms with Crippen molar-refractivity contribution in [1.29, 1.82) is 0 Å². The lowest BCUT2D eigenvalue weighted by molar-refractivity contribution is -0.138. The number of carbonyl (C=O) groups is 2. The molecule has 2 saturated carbocycles. The summed E-state index contributed by atoms with van der Waals surface area (Å²) in [6.45, 7) is 0. The molecular weight excluding hydrogens is 230 g/mol. The normalized spacial score (nSPS) is 41.2. The van der Waals surface area contributed by atoms with Crippen LogP contribution in [0.4, 0.5) is 0 Å². The van der Waals surface area contributed by atoms with Crippen LogP contribution >= 0.6 is 0 Å². The highest BCUT2D eigenvalue weighted by Crippen LogP contribution is 2.54. The molecule has 2 N–H and O–H groups in total. The van der Waals surface area contributed by atoms with Gasteiger partial charge < -0.3 is 10.4 Å². The maximum Gasteiger partial charge on any atom is 0.306 e. The summed E-state index contributed by atoms with van der Waals surface area (Å²) in [5, 5.41) is 12.0. The Balaban J connectivity index is 1.44. The standard InChI is InChI=1S/C14H19NO3/c16-13(8-4-2-1-3-5-8)15-12-7-10(12)9-6-11(9)14(17)18/h1-2,8-12H,3-7H2,(H,15,16)(H,17,18)/t8-,9-,10+,11-,12+/m1/s1. The number of carboxylic acids is 1. The summed E-state index contributed by atoms with van der Waals surface area (Å²) in [6, 6.07) is 0.248. The zero-order valence-electron chi connectivity index (χ0n) is 10.3. The van der Waals surface area contributed by atoms with Gasteiger partial charge in [0.1, 0.15) is 0 Å². The number of nitrogens with one attached hydrogen (secondary N) is 1. The van der Waals surface area contributed by atoms with Gasteiger partial charge in [0, 0.05) is 12.0 Å². The monoisotopic (exact) mass is 249 g/mol. The SMILES string of the molecule is O=C(N[C@H]1C[C@H]1[C@H]1C[C@H]1C(=O)O)[C@@H]1CC=CCC1. The fourth-order valence-corrected chi connectivity index (χ4v) is 3.16. The summed E-state index contributed by atoms with van der Waals surface area (Å²) >= 11 is 0. The quantitative estimate of drug-likeness (QED) is 0.743. The molecule has 0 aliphatic heterocycles. The van der Waals surface area contributed by atoms with Crippen molar-refractivity contribution in [3.8, 4) is 0 Å². The van der Waals surface area contributed by atoms with E-state index in [2.05, 4.69) is 17.5 Å². The van der Waals surface area contributed by atoms with Crippen molar-refractivity contribution in [2.24, 2.45) is 23.7 Å². The first-order valence-corrected chi connectivity index (χ1v) is 6.85. The van der Waals surface area contributed by atoms with Gasteiger partial charge in [-0.1, -0.05) is 12.2 Å². The lowest BCUT2D eigenvalue weighted by Gasteiger charge is -2.17. The minimum absolute atomic E-state index is 0.130. The molecule has 4 heteroatoms. The molecule has 3 aliphatic rings. The lowest BCUT2D eigenvalue weighted by atomic mass is 9.93. The summed E-state index contributed by atoms with van der Waals surface area (Å²) in [5.74, 6) is 0.224. The molecule has 0 aromatic rings. The number of rotatable bonds is 4. The molecule has 0 radical (unpaired) electrons. The molecule has 18 heavy (non-hydrogen) atoms. The number of hydrogen-bond donors (Lipinski definition) is 2. The molecule has 5 atom stereocenters. The molecule has 2 fully saturated rings. The molecule has 0 bridgehead atoms. The van der Waals surface area contributed by atoms with Gasteiger partial charge in [-0.2, -0.15) is 0 Å². The van der Waals surface area contributed by atoms with E-state index >= 15 is 0 Å². The van der Waals surface area contributed by atoms with E-state index in [0.717, 1.165) is 32.1 Å². The second-order valence-electron chi connectivity index (χ2n) is 5.84. The van der Waals surface area contributed by atoms with E-state index in [-0.39, 0.29) is 23.8 Å². The van der Waals surface area contributed by atoms with E-state index in [9.17, 15) is 9.59 Å². The van der Waals surface area contributed by atoms with Crippen LogP contribution in [0.5, 0.6) is 0 Å². The highest BCUT2D eigenvalue weighted by molar-refractivity contribution is 5.80. The summed E-state index contributed by atoms with van der Waals surface area (Å²) in [5.41, 5.74) is 0. The molecule has 0 aromatic heterocycles. The molecule has 0 spiro atoms. The van der Waals surface area contributed by atoms with E-state index in [1.807, 2.05) is 0 Å². The van der Waals surface area contributed by atoms with Crippen molar-refractivity contribution < 1.29 is 14.7 Å². The number of carboxylic acid groups (broad SMARTS) is 1. The Morgan fingerprint density at radius 2 is 2.00 bits per heavy atom. The van der Waals surface area contributed by atoms with E-state index in [0.29, 0.717) is 11.8 Å². The van der Waals surface area contributed by atoms with Crippen molar-refractivity contribution in [1.82, 2.24) is 5.32 Å². The topological polar surface area (TPSA) is 66.4 Å². The van der Waals surface area contributed by atoms with Crippen molar-refractivity contribution in [3.05, 3.63) is 12.2 Å². The highest BCUT2D eigenvalue weighted by Gasteiger charge is 2.56. The third-order valence-corrected chi connectivity index (χ3v) is 4.51. The Bertz CT molecular complexity index is 404. The summed E-state index contributed by atoms with van der Waals surface area (Å²) in [7, 11) is 0. The molecular formula is C14H19NO3. The van der Waals surface area contributed by atoms with Crippen molar-refractivity contribution in [2.45, 2.75) is 38.1 Å². The Morgan fingerprint density at radius 3 is 2.61 bits per heavy atom. The van der Waals surface area contributed by atoms with Crippen LogP contribution in [0.15, 0.2) is 12.2 Å². The van der Waals surface area contributed by atoms with Crippen molar-refractivity contribution in [2.75, 3.05) is 0 Å². The Morgan fingerprint density at radius 1 is 1.17 bits per heavy atom. The number of hydrogen-bond acceptors (Lipinski definition) is 2. The van der Waals surface area contributed by atoms with E-state index in [4.69, 9.17) is 5.11 Å². The van der Waals surface area contributed by atoms with Gasteiger partial charge in [0.05, 0.1) is 5.92 Å². The van der Waals surface area contributed by atoms with E-state index in [1.54, 1.807) is 0 Å². The minimum Gasteiger partial charge on any atom is -0.481 e. The smallest absolute Gasteiger partial charge is 0.306 e. The number of amides is 1. The first kappa shape index (κ1) is 11.8. The lowest BCUT2D eigenvalue weighted by Crippen LogP contribution is -2.33. The molecule has 0 heterocycles. The van der Waals surface area contributed by atoms with Crippen LogP contribution in [-0.4, -0.2) is 23.0 Å². The average molecular weight is 249 g/mol.